The molecule has 0 spiro atoms. The number of ether oxygens (including phenoxy) is 7. The van der Waals surface area contributed by atoms with Crippen molar-refractivity contribution >= 4 is 12.0 Å². The Bertz CT molecular complexity index is 634. The zero-order valence-electron chi connectivity index (χ0n) is 20.1. The van der Waals surface area contributed by atoms with Crippen LogP contribution >= 0.6 is 0 Å². The number of hydrogen-bond donors (Lipinski definition) is 2. The first-order chi connectivity index (χ1) is 16.7. The molecule has 11 nitrogen and oxygen atoms in total. The molecule has 0 saturated carbocycles. The number of hydrogen-bond acceptors (Lipinski definition) is 9. The molecule has 0 heterocycles. The third-order valence-electron chi connectivity index (χ3n) is 4.26. The first-order valence-electron chi connectivity index (χ1n) is 11.2. The third-order valence-corrected chi connectivity index (χ3v) is 4.26. The molecule has 0 aromatic heterocycles. The van der Waals surface area contributed by atoms with Crippen molar-refractivity contribution in [2.75, 3.05) is 86.9 Å². The van der Waals surface area contributed by atoms with Gasteiger partial charge in [-0.2, -0.15) is 0 Å². The Balaban J connectivity index is 2.01. The summed E-state index contributed by atoms with van der Waals surface area (Å²) in [6.45, 7) is 4.45. The van der Waals surface area contributed by atoms with Gasteiger partial charge in [-0.05, 0) is 5.56 Å². The molecule has 2 N–H and O–H groups in total. The Morgan fingerprint density at radius 3 is 1.79 bits per heavy atom. The van der Waals surface area contributed by atoms with Crippen LogP contribution in [0.1, 0.15) is 5.56 Å². The summed E-state index contributed by atoms with van der Waals surface area (Å²) < 4.78 is 36.3. The summed E-state index contributed by atoms with van der Waals surface area (Å²) in [7, 11) is 3.08. The summed E-state index contributed by atoms with van der Waals surface area (Å²) in [6.07, 6.45) is -0.722. The average Bonchev–Trinajstić information content (AvgIpc) is 2.85. The Hall–Kier alpha value is -2.28. The van der Waals surface area contributed by atoms with E-state index in [0.717, 1.165) is 5.56 Å². The summed E-state index contributed by atoms with van der Waals surface area (Å²) in [4.78, 5) is 24.3. The maximum Gasteiger partial charge on any atom is 0.407 e. The van der Waals surface area contributed by atoms with Crippen molar-refractivity contribution in [1.82, 2.24) is 10.6 Å². The molecule has 0 unspecified atom stereocenters. The van der Waals surface area contributed by atoms with Gasteiger partial charge in [0.25, 0.3) is 0 Å². The predicted octanol–water partition coefficient (Wildman–Crippen LogP) is 0.757. The van der Waals surface area contributed by atoms with Crippen molar-refractivity contribution in [3.63, 3.8) is 0 Å². The minimum absolute atomic E-state index is 0.0219. The van der Waals surface area contributed by atoms with Gasteiger partial charge in [-0.15, -0.1) is 0 Å². The molecule has 2 amide bonds. The number of carbonyl (C=O) groups excluding carboxylic acids is 2. The first kappa shape index (κ1) is 29.8. The number of carbonyl (C=O) groups is 2. The van der Waals surface area contributed by atoms with E-state index in [1.165, 1.54) is 7.11 Å². The van der Waals surface area contributed by atoms with Crippen LogP contribution in [0.25, 0.3) is 0 Å². The summed E-state index contributed by atoms with van der Waals surface area (Å²) in [5, 5.41) is 5.26. The Kier molecular flexibility index (Phi) is 18.6. The second-order valence-corrected chi connectivity index (χ2v) is 6.93. The number of nitrogens with one attached hydrogen (secondary N) is 2. The molecule has 1 atom stereocenters. The number of amides is 2. The van der Waals surface area contributed by atoms with E-state index in [1.54, 1.807) is 7.11 Å². The van der Waals surface area contributed by atoms with E-state index in [0.29, 0.717) is 59.4 Å². The highest BCUT2D eigenvalue weighted by molar-refractivity contribution is 5.85. The molecule has 1 aromatic carbocycles. The molecule has 1 rings (SSSR count). The average molecular weight is 487 g/mol. The minimum Gasteiger partial charge on any atom is -0.447 e. The molecule has 0 radical (unpaired) electrons. The van der Waals surface area contributed by atoms with Gasteiger partial charge in [0.1, 0.15) is 12.6 Å². The molecule has 1 aromatic rings. The Labute approximate surface area is 201 Å². The summed E-state index contributed by atoms with van der Waals surface area (Å²) in [5.74, 6) is -0.362. The molecule has 0 aliphatic carbocycles. The number of methoxy groups -OCH3 is 2. The van der Waals surface area contributed by atoms with Gasteiger partial charge in [-0.25, -0.2) is 4.79 Å². The van der Waals surface area contributed by atoms with Gasteiger partial charge in [0.15, 0.2) is 0 Å². The normalized spacial score (nSPS) is 11.7. The van der Waals surface area contributed by atoms with Gasteiger partial charge in [-0.1, -0.05) is 30.3 Å². The molecule has 0 aliphatic rings. The van der Waals surface area contributed by atoms with E-state index in [1.807, 2.05) is 30.3 Å². The maximum atomic E-state index is 12.3. The van der Waals surface area contributed by atoms with Crippen molar-refractivity contribution < 1.29 is 42.7 Å². The zero-order chi connectivity index (χ0) is 24.7. The van der Waals surface area contributed by atoms with E-state index in [9.17, 15) is 9.59 Å². The molecular weight excluding hydrogens is 448 g/mol. The minimum atomic E-state index is -0.866. The number of benzene rings is 1. The lowest BCUT2D eigenvalue weighted by Gasteiger charge is -2.17. The second-order valence-electron chi connectivity index (χ2n) is 6.93. The summed E-state index contributed by atoms with van der Waals surface area (Å²) in [5.41, 5.74) is 0.951. The second kappa shape index (κ2) is 21.3. The lowest BCUT2D eigenvalue weighted by atomic mass is 10.2. The van der Waals surface area contributed by atoms with Gasteiger partial charge in [-0.3, -0.25) is 4.79 Å². The highest BCUT2D eigenvalue weighted by atomic mass is 16.6. The predicted molar refractivity (Wildman–Crippen MR) is 124 cm³/mol. The third kappa shape index (κ3) is 16.4. The summed E-state index contributed by atoms with van der Waals surface area (Å²) >= 11 is 0. The van der Waals surface area contributed by atoms with Crippen LogP contribution in [0.2, 0.25) is 0 Å². The van der Waals surface area contributed by atoms with Gasteiger partial charge >= 0.3 is 6.09 Å². The number of rotatable bonds is 21. The van der Waals surface area contributed by atoms with E-state index in [2.05, 4.69) is 10.6 Å². The quantitative estimate of drug-likeness (QED) is 0.242. The molecule has 0 bridgehead atoms. The molecule has 34 heavy (non-hydrogen) atoms. The van der Waals surface area contributed by atoms with E-state index >= 15 is 0 Å². The molecule has 0 aliphatic heterocycles. The van der Waals surface area contributed by atoms with Crippen LogP contribution in [0, 0.1) is 0 Å². The fraction of sp³-hybridized carbons (Fsp3) is 0.652. The maximum absolute atomic E-state index is 12.3. The zero-order valence-corrected chi connectivity index (χ0v) is 20.1. The fourth-order valence-corrected chi connectivity index (χ4v) is 2.54. The van der Waals surface area contributed by atoms with E-state index in [4.69, 9.17) is 33.2 Å². The Morgan fingerprint density at radius 1 is 0.735 bits per heavy atom. The molecule has 11 heteroatoms. The van der Waals surface area contributed by atoms with Crippen LogP contribution in [-0.4, -0.2) is 105 Å². The lowest BCUT2D eigenvalue weighted by Crippen LogP contribution is -2.49. The van der Waals surface area contributed by atoms with Crippen LogP contribution in [0.3, 0.4) is 0 Å². The molecular formula is C23H38N2O9. The Morgan fingerprint density at radius 2 is 1.26 bits per heavy atom. The topological polar surface area (TPSA) is 123 Å². The van der Waals surface area contributed by atoms with Gasteiger partial charge in [0.2, 0.25) is 5.91 Å². The van der Waals surface area contributed by atoms with Crippen molar-refractivity contribution in [1.29, 1.82) is 0 Å². The molecule has 194 valence electrons. The van der Waals surface area contributed by atoms with Crippen LogP contribution in [0.15, 0.2) is 30.3 Å². The monoisotopic (exact) mass is 486 g/mol. The fourth-order valence-electron chi connectivity index (χ4n) is 2.54. The van der Waals surface area contributed by atoms with E-state index in [-0.39, 0.29) is 25.7 Å². The smallest absolute Gasteiger partial charge is 0.407 e. The van der Waals surface area contributed by atoms with Gasteiger partial charge in [0, 0.05) is 20.8 Å². The van der Waals surface area contributed by atoms with Crippen LogP contribution in [-0.2, 0) is 44.5 Å². The molecule has 0 fully saturated rings. The molecule has 0 saturated heterocycles. The highest BCUT2D eigenvalue weighted by Gasteiger charge is 2.21. The van der Waals surface area contributed by atoms with E-state index < -0.39 is 12.1 Å². The van der Waals surface area contributed by atoms with Crippen molar-refractivity contribution in [3.8, 4) is 0 Å². The van der Waals surface area contributed by atoms with Crippen molar-refractivity contribution in [2.45, 2.75) is 12.6 Å². The van der Waals surface area contributed by atoms with Crippen LogP contribution in [0.5, 0.6) is 0 Å². The van der Waals surface area contributed by atoms with Crippen LogP contribution < -0.4 is 10.6 Å². The SMILES string of the molecule is COCCOCCOCCOCCOCCOC(=O)N[C@H](COC)C(=O)NCc1ccccc1. The summed E-state index contributed by atoms with van der Waals surface area (Å²) in [6, 6.07) is 8.60. The largest absolute Gasteiger partial charge is 0.447 e. The van der Waals surface area contributed by atoms with Gasteiger partial charge in [0.05, 0.1) is 66.1 Å². The van der Waals surface area contributed by atoms with Crippen molar-refractivity contribution in [2.24, 2.45) is 0 Å². The van der Waals surface area contributed by atoms with Crippen molar-refractivity contribution in [3.05, 3.63) is 35.9 Å². The van der Waals surface area contributed by atoms with Crippen LogP contribution in [0.4, 0.5) is 4.79 Å². The highest BCUT2D eigenvalue weighted by Crippen LogP contribution is 1.98. The standard InChI is InChI=1S/C23H38N2O9/c1-28-8-9-30-10-11-31-12-13-32-14-15-33-16-17-34-23(27)25-21(19-29-2)22(26)24-18-20-6-4-3-5-7-20/h3-7,21H,8-19H2,1-2H3,(H,24,26)(H,25,27)/t21-/m1/s1. The first-order valence-corrected chi connectivity index (χ1v) is 11.2. The number of alkyl carbamates (subject to hydrolysis) is 1. The van der Waals surface area contributed by atoms with Gasteiger partial charge < -0.3 is 43.8 Å². The lowest BCUT2D eigenvalue weighted by molar-refractivity contribution is -0.124.